The third kappa shape index (κ3) is 3.25. The van der Waals surface area contributed by atoms with Crippen molar-refractivity contribution in [3.8, 4) is 0 Å². The summed E-state index contributed by atoms with van der Waals surface area (Å²) < 4.78 is 27.4. The van der Waals surface area contributed by atoms with E-state index in [0.717, 1.165) is 0 Å². The Balaban J connectivity index is 1.50. The molecule has 0 saturated carbocycles. The van der Waals surface area contributed by atoms with Gasteiger partial charge in [0.05, 0.1) is 29.3 Å². The number of amides is 6. The molecular weight excluding hydrogens is 503 g/mol. The van der Waals surface area contributed by atoms with Crippen LogP contribution >= 0.6 is 0 Å². The first-order valence-electron chi connectivity index (χ1n) is 12.3. The zero-order valence-electron chi connectivity index (χ0n) is 20.9. The van der Waals surface area contributed by atoms with E-state index in [2.05, 4.69) is 15.8 Å². The van der Waals surface area contributed by atoms with Gasteiger partial charge in [0.15, 0.2) is 16.9 Å². The summed E-state index contributed by atoms with van der Waals surface area (Å²) in [4.78, 5) is 68.4. The Bertz CT molecular complexity index is 1420. The molecule has 0 radical (unpaired) electrons. The average molecular weight is 528 g/mol. The van der Waals surface area contributed by atoms with E-state index < -0.39 is 47.1 Å². The summed E-state index contributed by atoms with van der Waals surface area (Å²) in [6.07, 6.45) is -1.29. The molecule has 1 spiro atoms. The molecular formula is C24H25FN6O7. The molecule has 3 fully saturated rings. The third-order valence-electron chi connectivity index (χ3n) is 7.91. The van der Waals surface area contributed by atoms with Gasteiger partial charge in [0, 0.05) is 33.1 Å². The SMILES string of the molecule is C[C@@H]1CN2c3c(cc4c(C(=O)N5CCN(C)C(=O)C5)noc4c3F)CC3(C(=O)NC(=O)NC3=O)[C@H]2[C@H](C)O1. The van der Waals surface area contributed by atoms with E-state index in [1.54, 1.807) is 25.8 Å². The van der Waals surface area contributed by atoms with Gasteiger partial charge in [-0.25, -0.2) is 9.18 Å². The minimum absolute atomic E-state index is 0.0632. The molecule has 0 bridgehead atoms. The Kier molecular flexibility index (Phi) is 5.25. The lowest BCUT2D eigenvalue weighted by atomic mass is 9.66. The summed E-state index contributed by atoms with van der Waals surface area (Å²) in [6.45, 7) is 4.09. The van der Waals surface area contributed by atoms with Crippen LogP contribution in [0.4, 0.5) is 14.9 Å². The molecule has 4 aliphatic rings. The normalized spacial score (nSPS) is 26.8. The van der Waals surface area contributed by atoms with Gasteiger partial charge in [-0.05, 0) is 25.5 Å². The molecule has 3 saturated heterocycles. The zero-order chi connectivity index (χ0) is 27.1. The molecule has 0 unspecified atom stereocenters. The smallest absolute Gasteiger partial charge is 0.328 e. The van der Waals surface area contributed by atoms with Gasteiger partial charge < -0.3 is 24.0 Å². The van der Waals surface area contributed by atoms with Crippen LogP contribution in [0.15, 0.2) is 10.6 Å². The van der Waals surface area contributed by atoms with E-state index in [1.807, 2.05) is 0 Å². The number of anilines is 1. The number of barbiturate groups is 1. The lowest BCUT2D eigenvalue weighted by molar-refractivity contribution is -0.153. The summed E-state index contributed by atoms with van der Waals surface area (Å²) in [7, 11) is 1.64. The van der Waals surface area contributed by atoms with Crippen LogP contribution in [0.5, 0.6) is 0 Å². The summed E-state index contributed by atoms with van der Waals surface area (Å²) in [5.41, 5.74) is -1.82. The first-order chi connectivity index (χ1) is 18.0. The van der Waals surface area contributed by atoms with Gasteiger partial charge in [-0.3, -0.25) is 29.8 Å². The number of morpholine rings is 1. The van der Waals surface area contributed by atoms with E-state index in [9.17, 15) is 24.0 Å². The number of ether oxygens (including phenoxy) is 1. The predicted octanol–water partition coefficient (Wildman–Crippen LogP) is -0.228. The Hall–Kier alpha value is -4.07. The first kappa shape index (κ1) is 24.3. The fourth-order valence-electron chi connectivity index (χ4n) is 6.18. The number of aromatic nitrogens is 1. The van der Waals surface area contributed by atoms with Crippen LogP contribution < -0.4 is 15.5 Å². The van der Waals surface area contributed by atoms with Crippen molar-refractivity contribution >= 4 is 46.3 Å². The second-order valence-corrected chi connectivity index (χ2v) is 10.3. The lowest BCUT2D eigenvalue weighted by Crippen LogP contribution is -2.75. The van der Waals surface area contributed by atoms with Gasteiger partial charge in [0.25, 0.3) is 5.91 Å². The van der Waals surface area contributed by atoms with Crippen LogP contribution in [0.3, 0.4) is 0 Å². The molecule has 3 atom stereocenters. The Morgan fingerprint density at radius 2 is 1.87 bits per heavy atom. The summed E-state index contributed by atoms with van der Waals surface area (Å²) in [5.74, 6) is -3.24. The van der Waals surface area contributed by atoms with Gasteiger partial charge >= 0.3 is 6.03 Å². The lowest BCUT2D eigenvalue weighted by Gasteiger charge is -2.55. The van der Waals surface area contributed by atoms with Crippen LogP contribution in [0.25, 0.3) is 11.0 Å². The van der Waals surface area contributed by atoms with Gasteiger partial charge in [-0.1, -0.05) is 5.16 Å². The number of nitrogens with one attached hydrogen (secondary N) is 2. The van der Waals surface area contributed by atoms with Gasteiger partial charge in [-0.15, -0.1) is 0 Å². The monoisotopic (exact) mass is 528 g/mol. The van der Waals surface area contributed by atoms with E-state index in [1.165, 1.54) is 15.9 Å². The number of carbonyl (C=O) groups is 5. The van der Waals surface area contributed by atoms with E-state index in [0.29, 0.717) is 6.54 Å². The third-order valence-corrected chi connectivity index (χ3v) is 7.91. The number of benzene rings is 1. The number of urea groups is 1. The van der Waals surface area contributed by atoms with Crippen LogP contribution in [0.1, 0.15) is 29.9 Å². The Morgan fingerprint density at radius 1 is 1.16 bits per heavy atom. The van der Waals surface area contributed by atoms with E-state index >= 15 is 4.39 Å². The highest BCUT2D eigenvalue weighted by Gasteiger charge is 2.63. The molecule has 4 aliphatic heterocycles. The molecule has 200 valence electrons. The summed E-state index contributed by atoms with van der Waals surface area (Å²) >= 11 is 0. The van der Waals surface area contributed by atoms with Crippen molar-refractivity contribution in [3.05, 3.63) is 23.1 Å². The second kappa shape index (κ2) is 8.21. The highest BCUT2D eigenvalue weighted by atomic mass is 19.1. The number of hydrogen-bond donors (Lipinski definition) is 2. The van der Waals surface area contributed by atoms with Crippen LogP contribution in [-0.4, -0.2) is 96.1 Å². The van der Waals surface area contributed by atoms with Crippen molar-refractivity contribution in [2.24, 2.45) is 5.41 Å². The number of rotatable bonds is 1. The molecule has 38 heavy (non-hydrogen) atoms. The number of halogens is 1. The van der Waals surface area contributed by atoms with Crippen molar-refractivity contribution < 1.29 is 37.6 Å². The van der Waals surface area contributed by atoms with Crippen molar-refractivity contribution in [3.63, 3.8) is 0 Å². The molecule has 1 aromatic heterocycles. The minimum Gasteiger partial charge on any atom is -0.372 e. The molecule has 6 amide bonds. The highest BCUT2D eigenvalue weighted by Crippen LogP contribution is 2.49. The maximum absolute atomic E-state index is 16.2. The van der Waals surface area contributed by atoms with Gasteiger partial charge in [0.2, 0.25) is 23.3 Å². The fourth-order valence-corrected chi connectivity index (χ4v) is 6.18. The number of piperazine rings is 1. The van der Waals surface area contributed by atoms with Crippen molar-refractivity contribution in [2.75, 3.05) is 38.1 Å². The number of imide groups is 2. The predicted molar refractivity (Wildman–Crippen MR) is 126 cm³/mol. The zero-order valence-corrected chi connectivity index (χ0v) is 20.9. The quantitative estimate of drug-likeness (QED) is 0.478. The standard InChI is InChI=1S/C24H25FN6O7/c1-10-8-31-17-12(7-24(19(31)11(2)37-10)21(34)26-23(36)27-22(24)35)6-13-16(28-38-18(13)15(17)25)20(33)30-5-4-29(3)14(32)9-30/h6,10-11,19H,4-5,7-9H2,1-3H3,(H2,26,27,34,35,36)/t10-,11+,19-/m1/s1. The molecule has 5 heterocycles. The maximum atomic E-state index is 16.2. The largest absolute Gasteiger partial charge is 0.372 e. The van der Waals surface area contributed by atoms with Crippen molar-refractivity contribution in [1.29, 1.82) is 0 Å². The van der Waals surface area contributed by atoms with E-state index in [-0.39, 0.29) is 66.0 Å². The average Bonchev–Trinajstić information content (AvgIpc) is 3.27. The molecule has 1 aromatic carbocycles. The molecule has 14 heteroatoms. The summed E-state index contributed by atoms with van der Waals surface area (Å²) in [6, 6.07) is -0.364. The Labute approximate surface area is 215 Å². The first-order valence-corrected chi connectivity index (χ1v) is 12.3. The number of nitrogens with zero attached hydrogens (tertiary/aromatic N) is 4. The highest BCUT2D eigenvalue weighted by molar-refractivity contribution is 6.20. The second-order valence-electron chi connectivity index (χ2n) is 10.3. The Morgan fingerprint density at radius 3 is 2.55 bits per heavy atom. The number of likely N-dealkylation sites (N-methyl/N-ethyl adjacent to an activating group) is 1. The van der Waals surface area contributed by atoms with Crippen molar-refractivity contribution in [1.82, 2.24) is 25.6 Å². The minimum atomic E-state index is -1.80. The van der Waals surface area contributed by atoms with Crippen molar-refractivity contribution in [2.45, 2.75) is 38.5 Å². The molecule has 13 nitrogen and oxygen atoms in total. The van der Waals surface area contributed by atoms with Crippen LogP contribution in [0, 0.1) is 11.2 Å². The molecule has 6 rings (SSSR count). The van der Waals surface area contributed by atoms with Gasteiger partial charge in [-0.2, -0.15) is 0 Å². The number of carbonyl (C=O) groups excluding carboxylic acids is 5. The van der Waals surface area contributed by atoms with Crippen LogP contribution in [0.2, 0.25) is 0 Å². The topological polar surface area (TPSA) is 154 Å². The van der Waals surface area contributed by atoms with Crippen LogP contribution in [-0.2, 0) is 25.5 Å². The van der Waals surface area contributed by atoms with Gasteiger partial charge in [0.1, 0.15) is 6.54 Å². The molecule has 2 aromatic rings. The molecule has 2 N–H and O–H groups in total. The van der Waals surface area contributed by atoms with E-state index in [4.69, 9.17) is 9.26 Å². The summed E-state index contributed by atoms with van der Waals surface area (Å²) in [5, 5.41) is 8.27. The maximum Gasteiger partial charge on any atom is 0.328 e. The molecule has 0 aliphatic carbocycles. The number of hydrogen-bond acceptors (Lipinski definition) is 9. The fraction of sp³-hybridized carbons (Fsp3) is 0.500. The number of fused-ring (bicyclic) bond motifs is 5.